The first-order valence-corrected chi connectivity index (χ1v) is 9.61. The molecule has 0 aliphatic carbocycles. The van der Waals surface area contributed by atoms with E-state index in [1.807, 2.05) is 0 Å². The summed E-state index contributed by atoms with van der Waals surface area (Å²) < 4.78 is 13.1. The second kappa shape index (κ2) is 7.79. The van der Waals surface area contributed by atoms with E-state index in [9.17, 15) is 9.18 Å². The van der Waals surface area contributed by atoms with E-state index >= 15 is 0 Å². The highest BCUT2D eigenvalue weighted by molar-refractivity contribution is 7.13. The van der Waals surface area contributed by atoms with Gasteiger partial charge in [-0.05, 0) is 43.2 Å². The number of nitrogens with zero attached hydrogens (tertiary/aromatic N) is 4. The standard InChI is InChI=1S/C19H18FN5OS/c20-14-6-4-13(5-7-14)18-24-16(12-27-18)17(26)23-15-3-1-10-25(11-15)19-21-8-2-9-22-19/h2,4-9,12,15H,1,3,10-11H2,(H,23,26)/t15-/m1/s1. The Morgan fingerprint density at radius 3 is 2.78 bits per heavy atom. The zero-order valence-electron chi connectivity index (χ0n) is 14.5. The maximum Gasteiger partial charge on any atom is 0.271 e. The number of piperidine rings is 1. The Kier molecular flexibility index (Phi) is 5.06. The van der Waals surface area contributed by atoms with Gasteiger partial charge in [-0.2, -0.15) is 0 Å². The van der Waals surface area contributed by atoms with Crippen LogP contribution in [0.3, 0.4) is 0 Å². The van der Waals surface area contributed by atoms with Gasteiger partial charge in [0.05, 0.1) is 0 Å². The van der Waals surface area contributed by atoms with Crippen LogP contribution in [0.15, 0.2) is 48.1 Å². The third-order valence-corrected chi connectivity index (χ3v) is 5.31. The molecule has 6 nitrogen and oxygen atoms in total. The van der Waals surface area contributed by atoms with Gasteiger partial charge in [0.1, 0.15) is 16.5 Å². The van der Waals surface area contributed by atoms with Gasteiger partial charge in [-0.25, -0.2) is 19.3 Å². The van der Waals surface area contributed by atoms with Gasteiger partial charge >= 0.3 is 0 Å². The van der Waals surface area contributed by atoms with Crippen LogP contribution in [-0.4, -0.2) is 40.0 Å². The molecule has 1 amide bonds. The molecule has 1 N–H and O–H groups in total. The molecule has 3 aromatic rings. The molecule has 1 saturated heterocycles. The average molecular weight is 383 g/mol. The Hall–Kier alpha value is -2.87. The number of rotatable bonds is 4. The fourth-order valence-corrected chi connectivity index (χ4v) is 3.90. The first-order chi connectivity index (χ1) is 13.2. The molecule has 138 valence electrons. The van der Waals surface area contributed by atoms with Gasteiger partial charge in [-0.3, -0.25) is 4.79 Å². The van der Waals surface area contributed by atoms with Crippen molar-refractivity contribution >= 4 is 23.2 Å². The number of benzene rings is 1. The van der Waals surface area contributed by atoms with Crippen molar-refractivity contribution < 1.29 is 9.18 Å². The molecule has 0 saturated carbocycles. The molecule has 1 aliphatic heterocycles. The Bertz CT molecular complexity index is 915. The van der Waals surface area contributed by atoms with Crippen LogP contribution in [0.5, 0.6) is 0 Å². The van der Waals surface area contributed by atoms with Gasteiger partial charge in [-0.15, -0.1) is 11.3 Å². The number of carbonyl (C=O) groups is 1. The summed E-state index contributed by atoms with van der Waals surface area (Å²) in [4.78, 5) is 27.6. The number of aromatic nitrogens is 3. The van der Waals surface area contributed by atoms with Gasteiger partial charge < -0.3 is 10.2 Å². The van der Waals surface area contributed by atoms with Gasteiger partial charge in [0, 0.05) is 42.5 Å². The Labute approximate surface area is 160 Å². The predicted octanol–water partition coefficient (Wildman–Crippen LogP) is 3.14. The van der Waals surface area contributed by atoms with Crippen molar-refractivity contribution in [3.05, 3.63) is 59.6 Å². The summed E-state index contributed by atoms with van der Waals surface area (Å²) in [5, 5.41) is 5.49. The molecule has 27 heavy (non-hydrogen) atoms. The van der Waals surface area contributed by atoms with E-state index in [1.165, 1.54) is 23.5 Å². The molecule has 1 aliphatic rings. The minimum Gasteiger partial charge on any atom is -0.346 e. The van der Waals surface area contributed by atoms with E-state index in [0.29, 0.717) is 23.2 Å². The Morgan fingerprint density at radius 1 is 1.22 bits per heavy atom. The third kappa shape index (κ3) is 4.11. The highest BCUT2D eigenvalue weighted by Gasteiger charge is 2.24. The van der Waals surface area contributed by atoms with Gasteiger partial charge in [0.25, 0.3) is 5.91 Å². The van der Waals surface area contributed by atoms with Crippen LogP contribution in [-0.2, 0) is 0 Å². The smallest absolute Gasteiger partial charge is 0.271 e. The molecule has 1 fully saturated rings. The van der Waals surface area contributed by atoms with Crippen LogP contribution in [0.1, 0.15) is 23.3 Å². The van der Waals surface area contributed by atoms with Crippen molar-refractivity contribution in [3.63, 3.8) is 0 Å². The number of halogens is 1. The normalized spacial score (nSPS) is 16.9. The van der Waals surface area contributed by atoms with Gasteiger partial charge in [-0.1, -0.05) is 0 Å². The molecule has 0 radical (unpaired) electrons. The maximum atomic E-state index is 13.1. The lowest BCUT2D eigenvalue weighted by Gasteiger charge is -2.32. The Balaban J connectivity index is 1.41. The molecule has 2 aromatic heterocycles. The van der Waals surface area contributed by atoms with Crippen molar-refractivity contribution in [1.82, 2.24) is 20.3 Å². The van der Waals surface area contributed by atoms with Gasteiger partial charge in [0.2, 0.25) is 5.95 Å². The quantitative estimate of drug-likeness (QED) is 0.749. The molecule has 8 heteroatoms. The molecule has 1 atom stereocenters. The number of nitrogens with one attached hydrogen (secondary N) is 1. The van der Waals surface area contributed by atoms with Crippen LogP contribution in [0, 0.1) is 5.82 Å². The summed E-state index contributed by atoms with van der Waals surface area (Å²) in [6, 6.07) is 7.90. The number of hydrogen-bond acceptors (Lipinski definition) is 6. The topological polar surface area (TPSA) is 71.0 Å². The lowest BCUT2D eigenvalue weighted by molar-refractivity contribution is 0.0928. The van der Waals surface area contributed by atoms with Crippen LogP contribution >= 0.6 is 11.3 Å². The summed E-state index contributed by atoms with van der Waals surface area (Å²) >= 11 is 1.37. The molecule has 1 aromatic carbocycles. The summed E-state index contributed by atoms with van der Waals surface area (Å²) in [7, 11) is 0. The van der Waals surface area contributed by atoms with E-state index in [-0.39, 0.29) is 17.8 Å². The zero-order chi connectivity index (χ0) is 18.6. The second-order valence-corrected chi connectivity index (χ2v) is 7.21. The first-order valence-electron chi connectivity index (χ1n) is 8.73. The average Bonchev–Trinajstić information content (AvgIpc) is 3.20. The highest BCUT2D eigenvalue weighted by Crippen LogP contribution is 2.24. The minimum atomic E-state index is -0.294. The van der Waals surface area contributed by atoms with E-state index in [0.717, 1.165) is 24.9 Å². The monoisotopic (exact) mass is 383 g/mol. The predicted molar refractivity (Wildman–Crippen MR) is 102 cm³/mol. The van der Waals surface area contributed by atoms with Crippen molar-refractivity contribution in [2.45, 2.75) is 18.9 Å². The SMILES string of the molecule is O=C(N[C@@H]1CCCN(c2ncccn2)C1)c1csc(-c2ccc(F)cc2)n1. The molecule has 0 bridgehead atoms. The fraction of sp³-hybridized carbons (Fsp3) is 0.263. The van der Waals surface area contributed by atoms with E-state index < -0.39 is 0 Å². The minimum absolute atomic E-state index is 0.0195. The second-order valence-electron chi connectivity index (χ2n) is 6.35. The van der Waals surface area contributed by atoms with Crippen LogP contribution in [0.4, 0.5) is 10.3 Å². The van der Waals surface area contributed by atoms with E-state index in [4.69, 9.17) is 0 Å². The van der Waals surface area contributed by atoms with Crippen LogP contribution in [0.25, 0.3) is 10.6 Å². The summed E-state index contributed by atoms with van der Waals surface area (Å²) in [5.74, 6) is 0.196. The first kappa shape index (κ1) is 17.5. The van der Waals surface area contributed by atoms with E-state index in [1.54, 1.807) is 36.0 Å². The van der Waals surface area contributed by atoms with Crippen molar-refractivity contribution in [3.8, 4) is 10.6 Å². The van der Waals surface area contributed by atoms with Crippen molar-refractivity contribution in [1.29, 1.82) is 0 Å². The molecule has 0 spiro atoms. The largest absolute Gasteiger partial charge is 0.346 e. The summed E-state index contributed by atoms with van der Waals surface area (Å²) in [6.07, 6.45) is 5.30. The van der Waals surface area contributed by atoms with Crippen LogP contribution in [0.2, 0.25) is 0 Å². The lowest BCUT2D eigenvalue weighted by Crippen LogP contribution is -2.48. The number of amides is 1. The third-order valence-electron chi connectivity index (χ3n) is 4.42. The molecular formula is C19H18FN5OS. The molecule has 0 unspecified atom stereocenters. The number of anilines is 1. The van der Waals surface area contributed by atoms with Crippen molar-refractivity contribution in [2.75, 3.05) is 18.0 Å². The highest BCUT2D eigenvalue weighted by atomic mass is 32.1. The fourth-order valence-electron chi connectivity index (χ4n) is 3.09. The molecule has 4 rings (SSSR count). The summed E-state index contributed by atoms with van der Waals surface area (Å²) in [6.45, 7) is 1.55. The number of carbonyl (C=O) groups excluding carboxylic acids is 1. The number of hydrogen-bond donors (Lipinski definition) is 1. The van der Waals surface area contributed by atoms with Gasteiger partial charge in [0.15, 0.2) is 0 Å². The van der Waals surface area contributed by atoms with Crippen LogP contribution < -0.4 is 10.2 Å². The molecular weight excluding hydrogens is 365 g/mol. The number of thiazole rings is 1. The zero-order valence-corrected chi connectivity index (χ0v) is 15.3. The van der Waals surface area contributed by atoms with E-state index in [2.05, 4.69) is 25.2 Å². The van der Waals surface area contributed by atoms with Crippen molar-refractivity contribution in [2.24, 2.45) is 0 Å². The maximum absolute atomic E-state index is 13.1. The summed E-state index contributed by atoms with van der Waals surface area (Å²) in [5.41, 5.74) is 1.18. The Morgan fingerprint density at radius 2 is 2.00 bits per heavy atom. The lowest BCUT2D eigenvalue weighted by atomic mass is 10.1. The molecule has 3 heterocycles.